The summed E-state index contributed by atoms with van der Waals surface area (Å²) in [4.78, 5) is 0. The van der Waals surface area contributed by atoms with Crippen LogP contribution in [0.3, 0.4) is 0 Å². The Bertz CT molecular complexity index is 296. The summed E-state index contributed by atoms with van der Waals surface area (Å²) >= 11 is 0. The van der Waals surface area contributed by atoms with Gasteiger partial charge in [-0.3, -0.25) is 0 Å². The Labute approximate surface area is 114 Å². The highest BCUT2D eigenvalue weighted by Crippen LogP contribution is 2.27. The molecule has 0 aliphatic carbocycles. The fourth-order valence-corrected chi connectivity index (χ4v) is 2.66. The molecule has 0 bridgehead atoms. The monoisotopic (exact) mass is 246 g/mol. The van der Waals surface area contributed by atoms with E-state index in [1.807, 2.05) is 0 Å². The maximum Gasteiger partial charge on any atom is -0.0162 e. The van der Waals surface area contributed by atoms with Gasteiger partial charge >= 0.3 is 0 Å². The maximum absolute atomic E-state index is 2.34. The molecule has 1 unspecified atom stereocenters. The van der Waals surface area contributed by atoms with E-state index in [4.69, 9.17) is 0 Å². The standard InChI is InChI=1S/C18H30/c1-4-6-7-8-9-11-17(10-5-2)18-14-12-16(3)13-15-18/h12-15,17H,4-11H2,1-3H3. The van der Waals surface area contributed by atoms with Gasteiger partial charge in [-0.05, 0) is 31.2 Å². The largest absolute Gasteiger partial charge is 0.0654 e. The van der Waals surface area contributed by atoms with E-state index in [1.54, 1.807) is 5.56 Å². The second-order valence-electron chi connectivity index (χ2n) is 5.60. The molecule has 0 aliphatic heterocycles. The van der Waals surface area contributed by atoms with Gasteiger partial charge in [0.25, 0.3) is 0 Å². The molecule has 1 aromatic rings. The molecular weight excluding hydrogens is 216 g/mol. The van der Waals surface area contributed by atoms with E-state index in [0.717, 1.165) is 5.92 Å². The van der Waals surface area contributed by atoms with Crippen molar-refractivity contribution in [2.24, 2.45) is 0 Å². The summed E-state index contributed by atoms with van der Waals surface area (Å²) in [6.45, 7) is 6.76. The van der Waals surface area contributed by atoms with Crippen molar-refractivity contribution in [2.75, 3.05) is 0 Å². The van der Waals surface area contributed by atoms with Crippen LogP contribution in [0, 0.1) is 6.92 Å². The minimum Gasteiger partial charge on any atom is -0.0654 e. The Morgan fingerprint density at radius 3 is 2.06 bits per heavy atom. The number of benzene rings is 1. The van der Waals surface area contributed by atoms with Crippen molar-refractivity contribution in [3.63, 3.8) is 0 Å². The summed E-state index contributed by atoms with van der Waals surface area (Å²) in [5.41, 5.74) is 2.93. The van der Waals surface area contributed by atoms with Gasteiger partial charge in [0.15, 0.2) is 0 Å². The molecule has 0 aromatic heterocycles. The Hall–Kier alpha value is -0.780. The predicted octanol–water partition coefficient (Wildman–Crippen LogP) is 6.24. The zero-order chi connectivity index (χ0) is 13.2. The molecule has 0 saturated carbocycles. The molecule has 0 heteroatoms. The van der Waals surface area contributed by atoms with E-state index in [1.165, 1.54) is 56.9 Å². The summed E-state index contributed by atoms with van der Waals surface area (Å²) in [5.74, 6) is 0.789. The first-order valence-electron chi connectivity index (χ1n) is 7.84. The average molecular weight is 246 g/mol. The molecule has 0 radical (unpaired) electrons. The van der Waals surface area contributed by atoms with Gasteiger partial charge < -0.3 is 0 Å². The Kier molecular flexibility index (Phi) is 7.80. The van der Waals surface area contributed by atoms with E-state index in [9.17, 15) is 0 Å². The number of rotatable bonds is 9. The third-order valence-corrected chi connectivity index (χ3v) is 3.84. The van der Waals surface area contributed by atoms with E-state index in [2.05, 4.69) is 45.0 Å². The minimum atomic E-state index is 0.789. The van der Waals surface area contributed by atoms with Crippen molar-refractivity contribution in [3.05, 3.63) is 35.4 Å². The van der Waals surface area contributed by atoms with Gasteiger partial charge in [0, 0.05) is 0 Å². The van der Waals surface area contributed by atoms with Crippen molar-refractivity contribution in [1.29, 1.82) is 0 Å². The van der Waals surface area contributed by atoms with Crippen molar-refractivity contribution in [2.45, 2.75) is 78.1 Å². The quantitative estimate of drug-likeness (QED) is 0.452. The van der Waals surface area contributed by atoms with Crippen LogP contribution in [0.4, 0.5) is 0 Å². The molecule has 0 amide bonds. The normalized spacial score (nSPS) is 12.6. The highest BCUT2D eigenvalue weighted by molar-refractivity contribution is 5.24. The van der Waals surface area contributed by atoms with Crippen molar-refractivity contribution < 1.29 is 0 Å². The number of hydrogen-bond donors (Lipinski definition) is 0. The molecule has 1 aromatic carbocycles. The fraction of sp³-hybridized carbons (Fsp3) is 0.667. The third kappa shape index (κ3) is 5.71. The highest BCUT2D eigenvalue weighted by Gasteiger charge is 2.09. The summed E-state index contributed by atoms with van der Waals surface area (Å²) in [6.07, 6.45) is 11.0. The van der Waals surface area contributed by atoms with Crippen LogP contribution >= 0.6 is 0 Å². The first-order chi connectivity index (χ1) is 8.77. The first-order valence-corrected chi connectivity index (χ1v) is 7.84. The van der Waals surface area contributed by atoms with E-state index < -0.39 is 0 Å². The Morgan fingerprint density at radius 2 is 1.44 bits per heavy atom. The lowest BCUT2D eigenvalue weighted by Crippen LogP contribution is -1.99. The van der Waals surface area contributed by atoms with Gasteiger partial charge in [-0.1, -0.05) is 82.2 Å². The zero-order valence-electron chi connectivity index (χ0n) is 12.5. The third-order valence-electron chi connectivity index (χ3n) is 3.84. The van der Waals surface area contributed by atoms with Crippen molar-refractivity contribution in [1.82, 2.24) is 0 Å². The Balaban J connectivity index is 2.41. The minimum absolute atomic E-state index is 0.789. The smallest absolute Gasteiger partial charge is 0.0162 e. The molecule has 0 saturated heterocycles. The molecule has 1 rings (SSSR count). The number of aryl methyl sites for hydroxylation is 1. The van der Waals surface area contributed by atoms with E-state index in [-0.39, 0.29) is 0 Å². The summed E-state index contributed by atoms with van der Waals surface area (Å²) in [5, 5.41) is 0. The van der Waals surface area contributed by atoms with E-state index >= 15 is 0 Å². The molecule has 1 atom stereocenters. The SMILES string of the molecule is CCCCCCCC(CCC)c1ccc(C)cc1. The van der Waals surface area contributed by atoms with Crippen LogP contribution in [-0.4, -0.2) is 0 Å². The van der Waals surface area contributed by atoms with E-state index in [0.29, 0.717) is 0 Å². The van der Waals surface area contributed by atoms with Crippen LogP contribution in [0.5, 0.6) is 0 Å². The van der Waals surface area contributed by atoms with Gasteiger partial charge in [-0.2, -0.15) is 0 Å². The van der Waals surface area contributed by atoms with Crippen LogP contribution in [0.25, 0.3) is 0 Å². The lowest BCUT2D eigenvalue weighted by atomic mass is 9.89. The van der Waals surface area contributed by atoms with Gasteiger partial charge in [-0.25, -0.2) is 0 Å². The van der Waals surface area contributed by atoms with Crippen LogP contribution in [0.15, 0.2) is 24.3 Å². The molecule has 0 spiro atoms. The molecular formula is C18H30. The molecule has 0 nitrogen and oxygen atoms in total. The maximum atomic E-state index is 2.34. The average Bonchev–Trinajstić information content (AvgIpc) is 2.38. The first kappa shape index (κ1) is 15.3. The van der Waals surface area contributed by atoms with Gasteiger partial charge in [0.1, 0.15) is 0 Å². The molecule has 102 valence electrons. The number of unbranched alkanes of at least 4 members (excludes halogenated alkanes) is 4. The summed E-state index contributed by atoms with van der Waals surface area (Å²) < 4.78 is 0. The van der Waals surface area contributed by atoms with Gasteiger partial charge in [-0.15, -0.1) is 0 Å². The molecule has 0 N–H and O–H groups in total. The van der Waals surface area contributed by atoms with Crippen LogP contribution in [-0.2, 0) is 0 Å². The molecule has 0 aliphatic rings. The topological polar surface area (TPSA) is 0 Å². The fourth-order valence-electron chi connectivity index (χ4n) is 2.66. The number of hydrogen-bond acceptors (Lipinski definition) is 0. The lowest BCUT2D eigenvalue weighted by molar-refractivity contribution is 0.516. The second kappa shape index (κ2) is 9.19. The molecule has 18 heavy (non-hydrogen) atoms. The summed E-state index contributed by atoms with van der Waals surface area (Å²) in [6, 6.07) is 9.19. The lowest BCUT2D eigenvalue weighted by Gasteiger charge is -2.17. The van der Waals surface area contributed by atoms with Crippen LogP contribution < -0.4 is 0 Å². The zero-order valence-corrected chi connectivity index (χ0v) is 12.5. The van der Waals surface area contributed by atoms with Crippen LogP contribution in [0.1, 0.15) is 82.3 Å². The van der Waals surface area contributed by atoms with Crippen molar-refractivity contribution in [3.8, 4) is 0 Å². The highest BCUT2D eigenvalue weighted by atomic mass is 14.1. The van der Waals surface area contributed by atoms with Gasteiger partial charge in [0.05, 0.1) is 0 Å². The predicted molar refractivity (Wildman–Crippen MR) is 82.2 cm³/mol. The molecule has 0 fully saturated rings. The Morgan fingerprint density at radius 1 is 0.778 bits per heavy atom. The molecule has 0 heterocycles. The summed E-state index contributed by atoms with van der Waals surface area (Å²) in [7, 11) is 0. The van der Waals surface area contributed by atoms with Crippen LogP contribution in [0.2, 0.25) is 0 Å². The van der Waals surface area contributed by atoms with Gasteiger partial charge in [0.2, 0.25) is 0 Å². The van der Waals surface area contributed by atoms with Crippen molar-refractivity contribution >= 4 is 0 Å². The second-order valence-corrected chi connectivity index (χ2v) is 5.60.